The minimum Gasteiger partial charge on any atom is -0.484 e. The summed E-state index contributed by atoms with van der Waals surface area (Å²) in [5, 5.41) is 11.4. The van der Waals surface area contributed by atoms with Crippen molar-refractivity contribution in [3.05, 3.63) is 29.6 Å². The Kier molecular flexibility index (Phi) is 5.31. The van der Waals surface area contributed by atoms with Crippen LogP contribution in [-0.2, 0) is 4.79 Å². The summed E-state index contributed by atoms with van der Waals surface area (Å²) in [7, 11) is 0. The lowest BCUT2D eigenvalue weighted by atomic mass is 10.1. The first-order valence-corrected chi connectivity index (χ1v) is 6.06. The fourth-order valence-electron chi connectivity index (χ4n) is 1.29. The third-order valence-corrected chi connectivity index (χ3v) is 2.82. The standard InChI is InChI=1S/C14H17FN2O2/c1-9(2)10(3)17-14(18)8-19-12-5-4-11(7-16)13(15)6-12/h4-6,9-10H,8H2,1-3H3,(H,17,18). The van der Waals surface area contributed by atoms with Crippen LogP contribution in [0.1, 0.15) is 26.3 Å². The second-order valence-electron chi connectivity index (χ2n) is 4.64. The average molecular weight is 264 g/mol. The van der Waals surface area contributed by atoms with Crippen molar-refractivity contribution in [3.63, 3.8) is 0 Å². The van der Waals surface area contributed by atoms with Crippen LogP contribution in [0.15, 0.2) is 18.2 Å². The molecule has 1 N–H and O–H groups in total. The Morgan fingerprint density at radius 1 is 1.47 bits per heavy atom. The molecule has 0 spiro atoms. The van der Waals surface area contributed by atoms with Gasteiger partial charge in [-0.3, -0.25) is 4.79 Å². The molecule has 1 atom stereocenters. The van der Waals surface area contributed by atoms with Crippen LogP contribution in [0, 0.1) is 23.1 Å². The number of carbonyl (C=O) groups is 1. The van der Waals surface area contributed by atoms with Crippen molar-refractivity contribution in [2.24, 2.45) is 5.92 Å². The summed E-state index contributed by atoms with van der Waals surface area (Å²) in [4.78, 5) is 11.6. The molecule has 0 bridgehead atoms. The van der Waals surface area contributed by atoms with E-state index in [9.17, 15) is 9.18 Å². The molecule has 1 aromatic carbocycles. The Labute approximate surface area is 112 Å². The van der Waals surface area contributed by atoms with E-state index in [0.717, 1.165) is 6.07 Å². The number of amides is 1. The van der Waals surface area contributed by atoms with E-state index in [2.05, 4.69) is 5.32 Å². The van der Waals surface area contributed by atoms with Crippen molar-refractivity contribution in [1.29, 1.82) is 5.26 Å². The van der Waals surface area contributed by atoms with E-state index in [-0.39, 0.29) is 29.9 Å². The number of halogens is 1. The molecule has 0 fully saturated rings. The van der Waals surface area contributed by atoms with E-state index in [0.29, 0.717) is 5.92 Å². The molecule has 0 aromatic heterocycles. The molecule has 1 rings (SSSR count). The van der Waals surface area contributed by atoms with Crippen LogP contribution in [0.5, 0.6) is 5.75 Å². The topological polar surface area (TPSA) is 62.1 Å². The number of nitriles is 1. The van der Waals surface area contributed by atoms with E-state index in [1.807, 2.05) is 20.8 Å². The van der Waals surface area contributed by atoms with Gasteiger partial charge in [-0.1, -0.05) is 13.8 Å². The van der Waals surface area contributed by atoms with Crippen molar-refractivity contribution in [2.75, 3.05) is 6.61 Å². The molecule has 1 amide bonds. The summed E-state index contributed by atoms with van der Waals surface area (Å²) in [6.45, 7) is 5.73. The zero-order valence-electron chi connectivity index (χ0n) is 11.2. The smallest absolute Gasteiger partial charge is 0.258 e. The summed E-state index contributed by atoms with van der Waals surface area (Å²) < 4.78 is 18.5. The van der Waals surface area contributed by atoms with Crippen molar-refractivity contribution in [1.82, 2.24) is 5.32 Å². The lowest BCUT2D eigenvalue weighted by Crippen LogP contribution is -2.38. The predicted octanol–water partition coefficient (Wildman–Crippen LogP) is 2.24. The molecule has 1 aromatic rings. The molecule has 0 radical (unpaired) electrons. The van der Waals surface area contributed by atoms with Gasteiger partial charge in [-0.2, -0.15) is 5.26 Å². The summed E-state index contributed by atoms with van der Waals surface area (Å²) in [6.07, 6.45) is 0. The highest BCUT2D eigenvalue weighted by Crippen LogP contribution is 2.15. The second-order valence-corrected chi connectivity index (χ2v) is 4.64. The first kappa shape index (κ1) is 15.0. The van der Waals surface area contributed by atoms with Crippen LogP contribution in [0.25, 0.3) is 0 Å². The number of carbonyl (C=O) groups excluding carboxylic acids is 1. The monoisotopic (exact) mass is 264 g/mol. The largest absolute Gasteiger partial charge is 0.484 e. The van der Waals surface area contributed by atoms with E-state index in [4.69, 9.17) is 10.00 Å². The van der Waals surface area contributed by atoms with Crippen LogP contribution >= 0.6 is 0 Å². The normalized spacial score (nSPS) is 11.8. The van der Waals surface area contributed by atoms with Crippen molar-refractivity contribution in [3.8, 4) is 11.8 Å². The predicted molar refractivity (Wildman–Crippen MR) is 69.1 cm³/mol. The first-order valence-electron chi connectivity index (χ1n) is 6.06. The zero-order valence-corrected chi connectivity index (χ0v) is 11.2. The molecule has 5 heteroatoms. The summed E-state index contributed by atoms with van der Waals surface area (Å²) >= 11 is 0. The number of nitrogens with one attached hydrogen (secondary N) is 1. The van der Waals surface area contributed by atoms with Gasteiger partial charge in [0.1, 0.15) is 17.6 Å². The molecule has 1 unspecified atom stereocenters. The maximum absolute atomic E-state index is 13.3. The number of hydrogen-bond donors (Lipinski definition) is 1. The first-order chi connectivity index (χ1) is 8.93. The Hall–Kier alpha value is -2.09. The van der Waals surface area contributed by atoms with Gasteiger partial charge >= 0.3 is 0 Å². The van der Waals surface area contributed by atoms with E-state index in [1.165, 1.54) is 12.1 Å². The van der Waals surface area contributed by atoms with Gasteiger partial charge in [0.25, 0.3) is 5.91 Å². The zero-order chi connectivity index (χ0) is 14.4. The SMILES string of the molecule is CC(C)C(C)NC(=O)COc1ccc(C#N)c(F)c1. The number of hydrogen-bond acceptors (Lipinski definition) is 3. The Bertz CT molecular complexity index is 495. The minimum atomic E-state index is -0.657. The Morgan fingerprint density at radius 3 is 2.68 bits per heavy atom. The van der Waals surface area contributed by atoms with Gasteiger partial charge < -0.3 is 10.1 Å². The molecule has 19 heavy (non-hydrogen) atoms. The lowest BCUT2D eigenvalue weighted by Gasteiger charge is -2.17. The van der Waals surface area contributed by atoms with Gasteiger partial charge in [0.15, 0.2) is 6.61 Å². The Balaban J connectivity index is 2.51. The molecule has 0 saturated heterocycles. The summed E-state index contributed by atoms with van der Waals surface area (Å²) in [6, 6.07) is 5.64. The second kappa shape index (κ2) is 6.74. The highest BCUT2D eigenvalue weighted by Gasteiger charge is 2.11. The number of ether oxygens (including phenoxy) is 1. The van der Waals surface area contributed by atoms with Crippen LogP contribution in [0.4, 0.5) is 4.39 Å². The molecular weight excluding hydrogens is 247 g/mol. The van der Waals surface area contributed by atoms with E-state index in [1.54, 1.807) is 6.07 Å². The van der Waals surface area contributed by atoms with E-state index < -0.39 is 5.82 Å². The molecule has 102 valence electrons. The number of benzene rings is 1. The van der Waals surface area contributed by atoms with Crippen molar-refractivity contribution >= 4 is 5.91 Å². The van der Waals surface area contributed by atoms with E-state index >= 15 is 0 Å². The molecule has 4 nitrogen and oxygen atoms in total. The summed E-state index contributed by atoms with van der Waals surface area (Å²) in [5.41, 5.74) is -0.0507. The van der Waals surface area contributed by atoms with Crippen LogP contribution in [0.2, 0.25) is 0 Å². The molecule has 0 aliphatic carbocycles. The summed E-state index contributed by atoms with van der Waals surface area (Å²) in [5.74, 6) is -0.359. The molecule has 0 aliphatic rings. The van der Waals surface area contributed by atoms with Gasteiger partial charge in [-0.25, -0.2) is 4.39 Å². The van der Waals surface area contributed by atoms with Crippen molar-refractivity contribution in [2.45, 2.75) is 26.8 Å². The minimum absolute atomic E-state index is 0.0498. The molecule has 0 saturated carbocycles. The molecule has 0 aliphatic heterocycles. The average Bonchev–Trinajstić information content (AvgIpc) is 2.36. The maximum atomic E-state index is 13.3. The van der Waals surface area contributed by atoms with Gasteiger partial charge in [0.2, 0.25) is 0 Å². The van der Waals surface area contributed by atoms with Crippen molar-refractivity contribution < 1.29 is 13.9 Å². The van der Waals surface area contributed by atoms with Gasteiger partial charge in [-0.05, 0) is 25.0 Å². The van der Waals surface area contributed by atoms with Crippen LogP contribution in [0.3, 0.4) is 0 Å². The fourth-order valence-corrected chi connectivity index (χ4v) is 1.29. The highest BCUT2D eigenvalue weighted by molar-refractivity contribution is 5.77. The van der Waals surface area contributed by atoms with Crippen LogP contribution in [-0.4, -0.2) is 18.6 Å². The molecule has 0 heterocycles. The van der Waals surface area contributed by atoms with Gasteiger partial charge in [0, 0.05) is 12.1 Å². The maximum Gasteiger partial charge on any atom is 0.258 e. The third kappa shape index (κ3) is 4.59. The lowest BCUT2D eigenvalue weighted by molar-refractivity contribution is -0.124. The molecular formula is C14H17FN2O2. The number of rotatable bonds is 5. The van der Waals surface area contributed by atoms with Gasteiger partial charge in [-0.15, -0.1) is 0 Å². The quantitative estimate of drug-likeness (QED) is 0.887. The van der Waals surface area contributed by atoms with Crippen LogP contribution < -0.4 is 10.1 Å². The number of nitrogens with zero attached hydrogens (tertiary/aromatic N) is 1. The highest BCUT2D eigenvalue weighted by atomic mass is 19.1. The fraction of sp³-hybridized carbons (Fsp3) is 0.429. The Morgan fingerprint density at radius 2 is 2.16 bits per heavy atom. The van der Waals surface area contributed by atoms with Gasteiger partial charge in [0.05, 0.1) is 5.56 Å². The third-order valence-electron chi connectivity index (χ3n) is 2.82.